The predicted octanol–water partition coefficient (Wildman–Crippen LogP) is -0.506. The second kappa shape index (κ2) is 4.26. The molecule has 1 aliphatic heterocycles. The highest BCUT2D eigenvalue weighted by molar-refractivity contribution is 6.34. The van der Waals surface area contributed by atoms with Gasteiger partial charge in [-0.1, -0.05) is 11.6 Å². The van der Waals surface area contributed by atoms with Crippen molar-refractivity contribution < 1.29 is 24.3 Å². The van der Waals surface area contributed by atoms with Gasteiger partial charge >= 0.3 is 6.09 Å². The van der Waals surface area contributed by atoms with Gasteiger partial charge in [-0.05, 0) is 0 Å². The van der Waals surface area contributed by atoms with Crippen molar-refractivity contribution in [3.05, 3.63) is 0 Å². The molecule has 1 aliphatic rings. The summed E-state index contributed by atoms with van der Waals surface area (Å²) in [4.78, 5) is 43.9. The average Bonchev–Trinajstić information content (AvgIpc) is 2.44. The first-order chi connectivity index (χ1) is 6.93. The first kappa shape index (κ1) is 11.4. The fourth-order valence-electron chi connectivity index (χ4n) is 1.13. The SMILES string of the molecule is O=C(O)NC(=O)C(Cl)N1C(=O)CCC1=O. The molecule has 1 heterocycles. The van der Waals surface area contributed by atoms with Crippen LogP contribution in [-0.2, 0) is 14.4 Å². The number of carbonyl (C=O) groups is 4. The van der Waals surface area contributed by atoms with E-state index in [4.69, 9.17) is 16.7 Å². The van der Waals surface area contributed by atoms with Gasteiger partial charge in [-0.3, -0.25) is 24.6 Å². The van der Waals surface area contributed by atoms with Crippen molar-refractivity contribution in [3.63, 3.8) is 0 Å². The highest BCUT2D eigenvalue weighted by Gasteiger charge is 2.38. The topological polar surface area (TPSA) is 104 Å². The minimum Gasteiger partial charge on any atom is -0.465 e. The number of nitrogens with one attached hydrogen (secondary N) is 1. The van der Waals surface area contributed by atoms with Crippen LogP contribution in [0.25, 0.3) is 0 Å². The van der Waals surface area contributed by atoms with Crippen LogP contribution in [0.3, 0.4) is 0 Å². The van der Waals surface area contributed by atoms with Crippen LogP contribution in [0.5, 0.6) is 0 Å². The summed E-state index contributed by atoms with van der Waals surface area (Å²) in [6.07, 6.45) is -1.62. The Morgan fingerprint density at radius 1 is 1.33 bits per heavy atom. The zero-order valence-corrected chi connectivity index (χ0v) is 8.15. The van der Waals surface area contributed by atoms with Crippen LogP contribution < -0.4 is 5.32 Å². The second-order valence-corrected chi connectivity index (χ2v) is 3.20. The van der Waals surface area contributed by atoms with Gasteiger partial charge in [-0.25, -0.2) is 4.79 Å². The second-order valence-electron chi connectivity index (χ2n) is 2.79. The van der Waals surface area contributed by atoms with E-state index in [0.29, 0.717) is 4.90 Å². The van der Waals surface area contributed by atoms with Crippen molar-refractivity contribution in [1.29, 1.82) is 0 Å². The highest BCUT2D eigenvalue weighted by atomic mass is 35.5. The number of imide groups is 2. The van der Waals surface area contributed by atoms with Crippen LogP contribution >= 0.6 is 11.6 Å². The van der Waals surface area contributed by atoms with E-state index in [1.807, 2.05) is 0 Å². The quantitative estimate of drug-likeness (QED) is 0.381. The molecule has 1 rings (SSSR count). The lowest BCUT2D eigenvalue weighted by Gasteiger charge is -2.18. The number of hydrogen-bond acceptors (Lipinski definition) is 4. The normalized spacial score (nSPS) is 17.8. The van der Waals surface area contributed by atoms with Crippen LogP contribution in [0.4, 0.5) is 4.79 Å². The maximum absolute atomic E-state index is 11.1. The molecular formula is C7H7ClN2O5. The first-order valence-electron chi connectivity index (χ1n) is 3.96. The molecular weight excluding hydrogens is 228 g/mol. The summed E-state index contributed by atoms with van der Waals surface area (Å²) in [5.41, 5.74) is -1.61. The van der Waals surface area contributed by atoms with Gasteiger partial charge in [0.1, 0.15) is 0 Å². The maximum atomic E-state index is 11.1. The minimum absolute atomic E-state index is 0.0115. The van der Waals surface area contributed by atoms with Crippen LogP contribution in [0, 0.1) is 0 Å². The zero-order valence-electron chi connectivity index (χ0n) is 7.40. The summed E-state index contributed by atoms with van der Waals surface area (Å²) in [5, 5.41) is 9.69. The Morgan fingerprint density at radius 2 is 1.80 bits per heavy atom. The summed E-state index contributed by atoms with van der Waals surface area (Å²) in [6.45, 7) is 0. The van der Waals surface area contributed by atoms with Crippen molar-refractivity contribution in [1.82, 2.24) is 10.2 Å². The molecule has 1 fully saturated rings. The fourth-order valence-corrected chi connectivity index (χ4v) is 1.40. The molecule has 0 spiro atoms. The van der Waals surface area contributed by atoms with E-state index in [1.54, 1.807) is 0 Å². The number of halogens is 1. The molecule has 0 aromatic carbocycles. The van der Waals surface area contributed by atoms with Crippen LogP contribution in [0.15, 0.2) is 0 Å². The van der Waals surface area contributed by atoms with E-state index < -0.39 is 29.3 Å². The third-order valence-electron chi connectivity index (χ3n) is 1.76. The van der Waals surface area contributed by atoms with Crippen molar-refractivity contribution >= 4 is 35.4 Å². The largest absolute Gasteiger partial charge is 0.465 e. The van der Waals surface area contributed by atoms with Gasteiger partial charge in [0.2, 0.25) is 11.8 Å². The molecule has 1 unspecified atom stereocenters. The standard InChI is InChI=1S/C7H7ClN2O5/c8-5(6(13)9-7(14)15)10-3(11)1-2-4(10)12/h5H,1-2H2,(H,9,13)(H,14,15). The van der Waals surface area contributed by atoms with Gasteiger partial charge in [0.15, 0.2) is 5.50 Å². The van der Waals surface area contributed by atoms with E-state index >= 15 is 0 Å². The number of rotatable bonds is 2. The highest BCUT2D eigenvalue weighted by Crippen LogP contribution is 2.17. The molecule has 7 nitrogen and oxygen atoms in total. The molecule has 0 bridgehead atoms. The lowest BCUT2D eigenvalue weighted by Crippen LogP contribution is -2.47. The third kappa shape index (κ3) is 2.44. The Kier molecular flexibility index (Phi) is 3.25. The molecule has 82 valence electrons. The van der Waals surface area contributed by atoms with Gasteiger partial charge < -0.3 is 5.11 Å². The molecule has 0 aromatic heterocycles. The van der Waals surface area contributed by atoms with Gasteiger partial charge in [-0.2, -0.15) is 0 Å². The summed E-state index contributed by atoms with van der Waals surface area (Å²) in [5.74, 6) is -2.28. The molecule has 8 heteroatoms. The third-order valence-corrected chi connectivity index (χ3v) is 2.16. The number of alkyl halides is 1. The molecule has 0 aliphatic carbocycles. The van der Waals surface area contributed by atoms with Crippen molar-refractivity contribution in [2.45, 2.75) is 18.3 Å². The number of carboxylic acid groups (broad SMARTS) is 1. The van der Waals surface area contributed by atoms with E-state index in [0.717, 1.165) is 0 Å². The average molecular weight is 235 g/mol. The van der Waals surface area contributed by atoms with Crippen molar-refractivity contribution in [2.75, 3.05) is 0 Å². The lowest BCUT2D eigenvalue weighted by atomic mass is 10.4. The summed E-state index contributed by atoms with van der Waals surface area (Å²) >= 11 is 5.48. The van der Waals surface area contributed by atoms with E-state index in [1.165, 1.54) is 5.32 Å². The molecule has 0 aromatic rings. The zero-order chi connectivity index (χ0) is 11.6. The molecule has 0 saturated carbocycles. The Bertz CT molecular complexity index is 326. The molecule has 2 N–H and O–H groups in total. The number of amides is 4. The van der Waals surface area contributed by atoms with E-state index in [2.05, 4.69) is 0 Å². The summed E-state index contributed by atoms with van der Waals surface area (Å²) < 4.78 is 0. The number of nitrogens with zero attached hydrogens (tertiary/aromatic N) is 1. The molecule has 1 atom stereocenters. The maximum Gasteiger partial charge on any atom is 0.411 e. The van der Waals surface area contributed by atoms with Crippen LogP contribution in [-0.4, -0.2) is 39.3 Å². The monoisotopic (exact) mass is 234 g/mol. The first-order valence-corrected chi connectivity index (χ1v) is 4.40. The minimum atomic E-state index is -1.61. The van der Waals surface area contributed by atoms with Crippen molar-refractivity contribution in [2.24, 2.45) is 0 Å². The number of likely N-dealkylation sites (tertiary alicyclic amines) is 1. The summed E-state index contributed by atoms with van der Waals surface area (Å²) in [6, 6.07) is 0. The Hall–Kier alpha value is -1.63. The van der Waals surface area contributed by atoms with E-state index in [9.17, 15) is 19.2 Å². The smallest absolute Gasteiger partial charge is 0.411 e. The number of carbonyl (C=O) groups excluding carboxylic acids is 3. The van der Waals surface area contributed by atoms with Crippen LogP contribution in [0.2, 0.25) is 0 Å². The fraction of sp³-hybridized carbons (Fsp3) is 0.429. The summed E-state index contributed by atoms with van der Waals surface area (Å²) in [7, 11) is 0. The Labute approximate surface area is 89.0 Å². The van der Waals surface area contributed by atoms with E-state index in [-0.39, 0.29) is 12.8 Å². The van der Waals surface area contributed by atoms with Gasteiger partial charge in [0.05, 0.1) is 0 Å². The Morgan fingerprint density at radius 3 is 2.20 bits per heavy atom. The molecule has 1 saturated heterocycles. The molecule has 4 amide bonds. The Balaban J connectivity index is 2.71. The lowest BCUT2D eigenvalue weighted by molar-refractivity contribution is -0.143. The van der Waals surface area contributed by atoms with Gasteiger partial charge in [0.25, 0.3) is 5.91 Å². The van der Waals surface area contributed by atoms with Gasteiger partial charge in [-0.15, -0.1) is 0 Å². The number of hydrogen-bond donors (Lipinski definition) is 2. The molecule has 0 radical (unpaired) electrons. The van der Waals surface area contributed by atoms with Crippen molar-refractivity contribution in [3.8, 4) is 0 Å². The van der Waals surface area contributed by atoms with Gasteiger partial charge in [0, 0.05) is 12.8 Å². The predicted molar refractivity (Wildman–Crippen MR) is 46.9 cm³/mol. The van der Waals surface area contributed by atoms with Crippen LogP contribution in [0.1, 0.15) is 12.8 Å². The molecule has 15 heavy (non-hydrogen) atoms.